The molecule has 19 heavy (non-hydrogen) atoms. The lowest BCUT2D eigenvalue weighted by molar-refractivity contribution is -0.118. The third-order valence-corrected chi connectivity index (χ3v) is 3.58. The van der Waals surface area contributed by atoms with E-state index in [1.165, 1.54) is 32.1 Å². The maximum absolute atomic E-state index is 11.9. The number of carbonyl (C=O) groups is 1. The number of ketones is 1. The molecule has 0 aliphatic rings. The SMILES string of the molecule is CCCCCCCCC(=O)Cc1cc(CC)nn1C. The van der Waals surface area contributed by atoms with Crippen molar-refractivity contribution in [2.45, 2.75) is 71.6 Å². The predicted molar refractivity (Wildman–Crippen MR) is 79.3 cm³/mol. The quantitative estimate of drug-likeness (QED) is 0.602. The zero-order chi connectivity index (χ0) is 14.1. The number of hydrogen-bond acceptors (Lipinski definition) is 2. The van der Waals surface area contributed by atoms with Crippen molar-refractivity contribution in [3.63, 3.8) is 0 Å². The smallest absolute Gasteiger partial charge is 0.138 e. The number of hydrogen-bond donors (Lipinski definition) is 0. The molecule has 0 unspecified atom stereocenters. The maximum Gasteiger partial charge on any atom is 0.138 e. The van der Waals surface area contributed by atoms with Gasteiger partial charge in [0.2, 0.25) is 0 Å². The van der Waals surface area contributed by atoms with Crippen LogP contribution in [0.5, 0.6) is 0 Å². The summed E-state index contributed by atoms with van der Waals surface area (Å²) in [4.78, 5) is 11.9. The Morgan fingerprint density at radius 2 is 1.84 bits per heavy atom. The lowest BCUT2D eigenvalue weighted by Gasteiger charge is -2.02. The molecule has 0 bridgehead atoms. The molecule has 108 valence electrons. The first-order chi connectivity index (χ1) is 9.17. The van der Waals surface area contributed by atoms with E-state index in [9.17, 15) is 4.79 Å². The molecule has 1 heterocycles. The molecule has 0 atom stereocenters. The number of aromatic nitrogens is 2. The van der Waals surface area contributed by atoms with Crippen molar-refractivity contribution in [3.8, 4) is 0 Å². The highest BCUT2D eigenvalue weighted by Gasteiger charge is 2.09. The van der Waals surface area contributed by atoms with Gasteiger partial charge in [-0.1, -0.05) is 46.0 Å². The van der Waals surface area contributed by atoms with Crippen molar-refractivity contribution in [1.29, 1.82) is 0 Å². The van der Waals surface area contributed by atoms with Crippen molar-refractivity contribution in [1.82, 2.24) is 9.78 Å². The van der Waals surface area contributed by atoms with Crippen LogP contribution in [-0.2, 0) is 24.7 Å². The number of aryl methyl sites for hydroxylation is 2. The van der Waals surface area contributed by atoms with Gasteiger partial charge in [-0.25, -0.2) is 0 Å². The van der Waals surface area contributed by atoms with Gasteiger partial charge in [0, 0.05) is 25.6 Å². The minimum atomic E-state index is 0.348. The second kappa shape index (κ2) is 8.89. The summed E-state index contributed by atoms with van der Waals surface area (Å²) in [6.07, 6.45) is 9.61. The molecule has 1 aromatic rings. The van der Waals surface area contributed by atoms with E-state index < -0.39 is 0 Å². The van der Waals surface area contributed by atoms with Crippen LogP contribution >= 0.6 is 0 Å². The zero-order valence-corrected chi connectivity index (χ0v) is 12.7. The Balaban J connectivity index is 2.21. The normalized spacial score (nSPS) is 10.9. The molecule has 0 aromatic carbocycles. The summed E-state index contributed by atoms with van der Waals surface area (Å²) in [6.45, 7) is 4.31. The Morgan fingerprint density at radius 3 is 2.47 bits per heavy atom. The summed E-state index contributed by atoms with van der Waals surface area (Å²) < 4.78 is 1.85. The molecule has 3 nitrogen and oxygen atoms in total. The second-order valence-electron chi connectivity index (χ2n) is 5.34. The molecular weight excluding hydrogens is 236 g/mol. The first-order valence-electron chi connectivity index (χ1n) is 7.70. The van der Waals surface area contributed by atoms with E-state index in [0.29, 0.717) is 12.2 Å². The molecule has 0 spiro atoms. The van der Waals surface area contributed by atoms with Gasteiger partial charge >= 0.3 is 0 Å². The highest BCUT2D eigenvalue weighted by Crippen LogP contribution is 2.10. The fourth-order valence-electron chi connectivity index (χ4n) is 2.30. The Morgan fingerprint density at radius 1 is 1.16 bits per heavy atom. The predicted octanol–water partition coefficient (Wildman–Crippen LogP) is 3.84. The Labute approximate surface area is 117 Å². The topological polar surface area (TPSA) is 34.9 Å². The highest BCUT2D eigenvalue weighted by molar-refractivity contribution is 5.80. The van der Waals surface area contributed by atoms with Crippen LogP contribution in [-0.4, -0.2) is 15.6 Å². The molecule has 0 radical (unpaired) electrons. The van der Waals surface area contributed by atoms with E-state index in [4.69, 9.17) is 0 Å². The van der Waals surface area contributed by atoms with Crippen LogP contribution in [0, 0.1) is 0 Å². The number of unbranched alkanes of at least 4 members (excludes halogenated alkanes) is 5. The van der Waals surface area contributed by atoms with Crippen LogP contribution < -0.4 is 0 Å². The standard InChI is InChI=1S/C16H28N2O/c1-4-6-7-8-9-10-11-16(19)13-15-12-14(5-2)17-18(15)3/h12H,4-11,13H2,1-3H3. The number of carbonyl (C=O) groups excluding carboxylic acids is 1. The first-order valence-corrected chi connectivity index (χ1v) is 7.70. The van der Waals surface area contributed by atoms with Crippen molar-refractivity contribution < 1.29 is 4.79 Å². The Kier molecular flexibility index (Phi) is 7.46. The van der Waals surface area contributed by atoms with E-state index in [1.807, 2.05) is 11.7 Å². The minimum Gasteiger partial charge on any atom is -0.299 e. The summed E-state index contributed by atoms with van der Waals surface area (Å²) in [5, 5.41) is 4.38. The zero-order valence-electron chi connectivity index (χ0n) is 12.7. The fraction of sp³-hybridized carbons (Fsp3) is 0.750. The summed E-state index contributed by atoms with van der Waals surface area (Å²) >= 11 is 0. The van der Waals surface area contributed by atoms with Gasteiger partial charge in [-0.05, 0) is 18.9 Å². The van der Waals surface area contributed by atoms with Crippen molar-refractivity contribution in [2.24, 2.45) is 7.05 Å². The van der Waals surface area contributed by atoms with E-state index in [2.05, 4.69) is 25.0 Å². The maximum atomic E-state index is 11.9. The largest absolute Gasteiger partial charge is 0.299 e. The third-order valence-electron chi connectivity index (χ3n) is 3.58. The van der Waals surface area contributed by atoms with Crippen molar-refractivity contribution in [3.05, 3.63) is 17.5 Å². The van der Waals surface area contributed by atoms with E-state index in [-0.39, 0.29) is 0 Å². The van der Waals surface area contributed by atoms with Crippen LogP contribution in [0.25, 0.3) is 0 Å². The minimum absolute atomic E-state index is 0.348. The lowest BCUT2D eigenvalue weighted by atomic mass is 10.1. The third kappa shape index (κ3) is 6.04. The molecule has 0 saturated carbocycles. The van der Waals surface area contributed by atoms with Crippen LogP contribution in [0.3, 0.4) is 0 Å². The van der Waals surface area contributed by atoms with E-state index >= 15 is 0 Å². The van der Waals surface area contributed by atoms with Gasteiger partial charge in [0.15, 0.2) is 0 Å². The number of nitrogens with zero attached hydrogens (tertiary/aromatic N) is 2. The van der Waals surface area contributed by atoms with Crippen LogP contribution in [0.15, 0.2) is 6.07 Å². The Hall–Kier alpha value is -1.12. The van der Waals surface area contributed by atoms with Crippen LogP contribution in [0.2, 0.25) is 0 Å². The summed E-state index contributed by atoms with van der Waals surface area (Å²) in [7, 11) is 1.92. The summed E-state index contributed by atoms with van der Waals surface area (Å²) in [5.74, 6) is 0.348. The second-order valence-corrected chi connectivity index (χ2v) is 5.34. The molecule has 0 saturated heterocycles. The molecule has 0 aliphatic carbocycles. The Bertz CT molecular complexity index is 382. The van der Waals surface area contributed by atoms with Crippen molar-refractivity contribution in [2.75, 3.05) is 0 Å². The van der Waals surface area contributed by atoms with Gasteiger partial charge < -0.3 is 0 Å². The fourth-order valence-corrected chi connectivity index (χ4v) is 2.30. The van der Waals surface area contributed by atoms with Crippen LogP contribution in [0.4, 0.5) is 0 Å². The van der Waals surface area contributed by atoms with Gasteiger partial charge in [0.05, 0.1) is 5.69 Å². The molecule has 0 fully saturated rings. The summed E-state index contributed by atoms with van der Waals surface area (Å²) in [5.41, 5.74) is 2.12. The first kappa shape index (κ1) is 15.9. The number of rotatable bonds is 10. The number of Topliss-reactive ketones (excluding diaryl/α,β-unsaturated/α-hetero) is 1. The molecule has 3 heteroatoms. The average Bonchev–Trinajstić information content (AvgIpc) is 2.74. The van der Waals surface area contributed by atoms with Crippen LogP contribution in [0.1, 0.15) is 70.2 Å². The molecule has 0 amide bonds. The monoisotopic (exact) mass is 264 g/mol. The van der Waals surface area contributed by atoms with E-state index in [1.54, 1.807) is 0 Å². The van der Waals surface area contributed by atoms with E-state index in [0.717, 1.165) is 30.7 Å². The molecule has 1 rings (SSSR count). The molecular formula is C16H28N2O. The van der Waals surface area contributed by atoms with Gasteiger partial charge in [0.25, 0.3) is 0 Å². The van der Waals surface area contributed by atoms with Gasteiger partial charge in [-0.3, -0.25) is 9.48 Å². The lowest BCUT2D eigenvalue weighted by Crippen LogP contribution is -2.07. The molecule has 0 N–H and O–H groups in total. The van der Waals surface area contributed by atoms with Gasteiger partial charge in [-0.2, -0.15) is 5.10 Å². The molecule has 0 aliphatic heterocycles. The van der Waals surface area contributed by atoms with Gasteiger partial charge in [-0.15, -0.1) is 0 Å². The highest BCUT2D eigenvalue weighted by atomic mass is 16.1. The summed E-state index contributed by atoms with van der Waals surface area (Å²) in [6, 6.07) is 2.05. The molecule has 1 aromatic heterocycles. The van der Waals surface area contributed by atoms with Crippen molar-refractivity contribution >= 4 is 5.78 Å². The van der Waals surface area contributed by atoms with Gasteiger partial charge in [0.1, 0.15) is 5.78 Å². The average molecular weight is 264 g/mol.